The Bertz CT molecular complexity index is 479. The number of hydrogen-bond acceptors (Lipinski definition) is 3. The third kappa shape index (κ3) is 9.14. The lowest BCUT2D eigenvalue weighted by Crippen LogP contribution is -2.06. The van der Waals surface area contributed by atoms with E-state index in [1.807, 2.05) is 12.1 Å². The van der Waals surface area contributed by atoms with Gasteiger partial charge >= 0.3 is 8.60 Å². The van der Waals surface area contributed by atoms with Crippen molar-refractivity contribution in [2.24, 2.45) is 5.92 Å². The molecule has 0 fully saturated rings. The average Bonchev–Trinajstić information content (AvgIpc) is 2.64. The van der Waals surface area contributed by atoms with Crippen molar-refractivity contribution < 1.29 is 14.3 Å². The fraction of sp³-hybridized carbons (Fsp3) is 0.400. The molecule has 2 rings (SSSR count). The molecule has 0 saturated heterocycles. The highest BCUT2D eigenvalue weighted by atomic mass is 31.2. The minimum Gasteiger partial charge on any atom is -0.328 e. The molecule has 0 radical (unpaired) electrons. The summed E-state index contributed by atoms with van der Waals surface area (Å²) in [6.07, 6.45) is 4.54. The molecule has 2 aromatic rings. The van der Waals surface area contributed by atoms with Crippen LogP contribution in [-0.4, -0.2) is 16.4 Å². The molecule has 0 aliphatic rings. The molecule has 0 aromatic heterocycles. The van der Waals surface area contributed by atoms with Gasteiger partial charge in [-0.2, -0.15) is 0 Å². The SMILES string of the molecule is CCCCC(CC)COP(O)O.c1ccc(-c2ccccc2)cc1. The van der Waals surface area contributed by atoms with Crippen LogP contribution in [0.15, 0.2) is 60.7 Å². The van der Waals surface area contributed by atoms with Crippen LogP contribution in [0.4, 0.5) is 0 Å². The number of rotatable bonds is 8. The summed E-state index contributed by atoms with van der Waals surface area (Å²) < 4.78 is 4.77. The molecule has 1 unspecified atom stereocenters. The van der Waals surface area contributed by atoms with Gasteiger partial charge in [0.25, 0.3) is 0 Å². The summed E-state index contributed by atoms with van der Waals surface area (Å²) in [4.78, 5) is 17.0. The van der Waals surface area contributed by atoms with Gasteiger partial charge in [-0.15, -0.1) is 0 Å². The van der Waals surface area contributed by atoms with Gasteiger partial charge in [0.2, 0.25) is 0 Å². The molecule has 2 aromatic carbocycles. The van der Waals surface area contributed by atoms with Crippen molar-refractivity contribution in [2.45, 2.75) is 39.5 Å². The Labute approximate surface area is 147 Å². The summed E-state index contributed by atoms with van der Waals surface area (Å²) in [7, 11) is -2.15. The molecule has 1 atom stereocenters. The van der Waals surface area contributed by atoms with Crippen LogP contribution in [0.3, 0.4) is 0 Å². The Morgan fingerprint density at radius 3 is 1.75 bits per heavy atom. The highest BCUT2D eigenvalue weighted by Gasteiger charge is 2.08. The van der Waals surface area contributed by atoms with Gasteiger partial charge < -0.3 is 14.3 Å². The maximum Gasteiger partial charge on any atom is 0.327 e. The van der Waals surface area contributed by atoms with Crippen molar-refractivity contribution in [1.29, 1.82) is 0 Å². The van der Waals surface area contributed by atoms with E-state index in [9.17, 15) is 0 Å². The van der Waals surface area contributed by atoms with Crippen molar-refractivity contribution >= 4 is 8.60 Å². The molecular weight excluding hydrogens is 319 g/mol. The first-order valence-corrected chi connectivity index (χ1v) is 9.75. The molecule has 0 aliphatic heterocycles. The smallest absolute Gasteiger partial charge is 0.327 e. The van der Waals surface area contributed by atoms with Crippen molar-refractivity contribution in [3.05, 3.63) is 60.7 Å². The van der Waals surface area contributed by atoms with Crippen LogP contribution in [-0.2, 0) is 4.52 Å². The Morgan fingerprint density at radius 2 is 1.38 bits per heavy atom. The standard InChI is InChI=1S/C12H10.C8H19O3P/c1-3-7-11(8-4-1)12-9-5-2-6-10-12;1-3-5-6-8(4-2)7-11-12(9)10/h1-10H;8-10H,3-7H2,1-2H3. The second kappa shape index (κ2) is 13.1. The number of unbranched alkanes of at least 4 members (excludes halogenated alkanes) is 1. The van der Waals surface area contributed by atoms with E-state index < -0.39 is 8.60 Å². The molecule has 0 heterocycles. The zero-order valence-electron chi connectivity index (χ0n) is 14.6. The van der Waals surface area contributed by atoms with Crippen LogP contribution >= 0.6 is 8.60 Å². The van der Waals surface area contributed by atoms with Crippen LogP contribution in [0.1, 0.15) is 39.5 Å². The van der Waals surface area contributed by atoms with Crippen molar-refractivity contribution in [2.75, 3.05) is 6.61 Å². The quantitative estimate of drug-likeness (QED) is 0.594. The van der Waals surface area contributed by atoms with E-state index >= 15 is 0 Å². The maximum atomic E-state index is 8.52. The van der Waals surface area contributed by atoms with Crippen molar-refractivity contribution in [1.82, 2.24) is 0 Å². The molecule has 3 nitrogen and oxygen atoms in total. The second-order valence-electron chi connectivity index (χ2n) is 5.70. The van der Waals surface area contributed by atoms with Crippen LogP contribution in [0, 0.1) is 5.92 Å². The summed E-state index contributed by atoms with van der Waals surface area (Å²) >= 11 is 0. The first-order chi connectivity index (χ1) is 11.7. The topological polar surface area (TPSA) is 49.7 Å². The summed E-state index contributed by atoms with van der Waals surface area (Å²) in [5.41, 5.74) is 2.55. The molecular formula is C20H29O3P. The van der Waals surface area contributed by atoms with Crippen LogP contribution in [0.2, 0.25) is 0 Å². The predicted molar refractivity (Wildman–Crippen MR) is 102 cm³/mol. The van der Waals surface area contributed by atoms with Crippen molar-refractivity contribution in [3.63, 3.8) is 0 Å². The van der Waals surface area contributed by atoms with Crippen LogP contribution in [0.25, 0.3) is 11.1 Å². The highest BCUT2D eigenvalue weighted by molar-refractivity contribution is 7.39. The molecule has 24 heavy (non-hydrogen) atoms. The maximum absolute atomic E-state index is 8.52. The van der Waals surface area contributed by atoms with E-state index in [1.54, 1.807) is 0 Å². The Balaban J connectivity index is 0.000000240. The Hall–Kier alpha value is -1.25. The minimum atomic E-state index is -2.15. The fourth-order valence-electron chi connectivity index (χ4n) is 2.33. The molecule has 4 heteroatoms. The highest BCUT2D eigenvalue weighted by Crippen LogP contribution is 2.27. The van der Waals surface area contributed by atoms with E-state index in [4.69, 9.17) is 14.3 Å². The molecule has 0 bridgehead atoms. The van der Waals surface area contributed by atoms with E-state index in [2.05, 4.69) is 62.4 Å². The normalized spacial score (nSPS) is 11.7. The fourth-order valence-corrected chi connectivity index (χ4v) is 2.68. The Morgan fingerprint density at radius 1 is 0.875 bits per heavy atom. The van der Waals surface area contributed by atoms with E-state index in [0.29, 0.717) is 12.5 Å². The molecule has 0 aliphatic carbocycles. The van der Waals surface area contributed by atoms with Crippen LogP contribution < -0.4 is 0 Å². The monoisotopic (exact) mass is 348 g/mol. The van der Waals surface area contributed by atoms with Gasteiger partial charge in [-0.1, -0.05) is 93.8 Å². The molecule has 0 saturated carbocycles. The van der Waals surface area contributed by atoms with Gasteiger partial charge in [-0.3, -0.25) is 0 Å². The lowest BCUT2D eigenvalue weighted by atomic mass is 10.0. The number of benzene rings is 2. The lowest BCUT2D eigenvalue weighted by Gasteiger charge is -2.14. The largest absolute Gasteiger partial charge is 0.328 e. The van der Waals surface area contributed by atoms with Gasteiger partial charge in [0, 0.05) is 0 Å². The first-order valence-electron chi connectivity index (χ1n) is 8.58. The first kappa shape index (κ1) is 20.8. The van der Waals surface area contributed by atoms with Crippen molar-refractivity contribution in [3.8, 4) is 11.1 Å². The third-order valence-corrected chi connectivity index (χ3v) is 4.23. The van der Waals surface area contributed by atoms with Gasteiger partial charge in [0.15, 0.2) is 0 Å². The van der Waals surface area contributed by atoms with E-state index in [1.165, 1.54) is 24.0 Å². The second-order valence-corrected chi connectivity index (χ2v) is 6.46. The van der Waals surface area contributed by atoms with Gasteiger partial charge in [-0.05, 0) is 23.5 Å². The molecule has 0 spiro atoms. The van der Waals surface area contributed by atoms with Crippen LogP contribution in [0.5, 0.6) is 0 Å². The zero-order valence-corrected chi connectivity index (χ0v) is 15.5. The van der Waals surface area contributed by atoms with Gasteiger partial charge in [-0.25, -0.2) is 0 Å². The summed E-state index contributed by atoms with van der Waals surface area (Å²) in [6.45, 7) is 4.73. The zero-order chi connectivity index (χ0) is 17.6. The van der Waals surface area contributed by atoms with Gasteiger partial charge in [0.1, 0.15) is 0 Å². The van der Waals surface area contributed by atoms with E-state index in [0.717, 1.165) is 12.8 Å². The predicted octanol–water partition coefficient (Wildman–Crippen LogP) is 5.78. The molecule has 0 amide bonds. The number of hydrogen-bond donors (Lipinski definition) is 2. The lowest BCUT2D eigenvalue weighted by molar-refractivity contribution is 0.201. The summed E-state index contributed by atoms with van der Waals surface area (Å²) in [5, 5.41) is 0. The Kier molecular flexibility index (Phi) is 11.3. The van der Waals surface area contributed by atoms with Gasteiger partial charge in [0.05, 0.1) is 6.61 Å². The summed E-state index contributed by atoms with van der Waals surface area (Å²) in [5.74, 6) is 0.481. The average molecular weight is 348 g/mol. The van der Waals surface area contributed by atoms with E-state index in [-0.39, 0.29) is 0 Å². The minimum absolute atomic E-state index is 0.481. The molecule has 132 valence electrons. The molecule has 2 N–H and O–H groups in total. The third-order valence-electron chi connectivity index (χ3n) is 3.85. The summed E-state index contributed by atoms with van der Waals surface area (Å²) in [6, 6.07) is 20.8.